The number of halogens is 1. The molecule has 0 saturated heterocycles. The van der Waals surface area contributed by atoms with E-state index in [1.165, 1.54) is 23.2 Å². The molecule has 3 saturated carbocycles. The third kappa shape index (κ3) is 4.22. The first-order valence-corrected chi connectivity index (χ1v) is 18.0. The summed E-state index contributed by atoms with van der Waals surface area (Å²) in [6.45, 7) is 12.0. The smallest absolute Gasteiger partial charge is 0.261 e. The summed E-state index contributed by atoms with van der Waals surface area (Å²) in [7, 11) is -2.57. The number of carbonyl (C=O) groups is 1. The van der Waals surface area contributed by atoms with Gasteiger partial charge in [-0.25, -0.2) is 0 Å². The molecule has 208 valence electrons. The van der Waals surface area contributed by atoms with Gasteiger partial charge in [-0.15, -0.1) is 0 Å². The van der Waals surface area contributed by atoms with Crippen molar-refractivity contribution in [2.24, 2.45) is 28.6 Å². The maximum atomic E-state index is 13.1. The van der Waals surface area contributed by atoms with Gasteiger partial charge in [-0.3, -0.25) is 4.79 Å². The molecule has 4 aliphatic carbocycles. The molecule has 4 heteroatoms. The molecule has 0 spiro atoms. The average Bonchev–Trinajstić information content (AvgIpc) is 3.16. The summed E-state index contributed by atoms with van der Waals surface area (Å²) in [4.78, 5) is 13.2. The lowest BCUT2D eigenvalue weighted by molar-refractivity contribution is -0.131. The van der Waals surface area contributed by atoms with Gasteiger partial charge in [-0.1, -0.05) is 123 Å². The molecular formula is C35H45BrO2Si. The van der Waals surface area contributed by atoms with E-state index in [1.807, 2.05) is 0 Å². The quantitative estimate of drug-likeness (QED) is 0.202. The van der Waals surface area contributed by atoms with Crippen LogP contribution >= 0.6 is 15.9 Å². The summed E-state index contributed by atoms with van der Waals surface area (Å²) in [5.41, 5.74) is 1.75. The van der Waals surface area contributed by atoms with Crippen molar-refractivity contribution in [3.05, 3.63) is 72.3 Å². The minimum Gasteiger partial charge on any atom is -0.404 e. The zero-order valence-corrected chi connectivity index (χ0v) is 27.0. The number of rotatable bonds is 4. The highest BCUT2D eigenvalue weighted by Crippen LogP contribution is 2.64. The normalized spacial score (nSPS) is 36.5. The fourth-order valence-electron chi connectivity index (χ4n) is 9.42. The van der Waals surface area contributed by atoms with Crippen molar-refractivity contribution < 1.29 is 9.22 Å². The van der Waals surface area contributed by atoms with Crippen molar-refractivity contribution in [3.8, 4) is 0 Å². The number of benzene rings is 2. The van der Waals surface area contributed by atoms with Crippen LogP contribution in [0.3, 0.4) is 0 Å². The molecule has 6 rings (SSSR count). The standard InChI is InChI=1S/C35H45BrO2Si/c1-33(2,3)39(26-12-8-6-9-13-26,27-14-10-7-11-15-27)38-25-18-20-34(4)24(22-25)16-17-28-29(34)19-21-35(5)30(28)23-31(36)32(35)37/h6-16,25,28-31H,17-23H2,1-5H3/t25-,28+,29-,30-,31?,34-,35-/m0/s1. The summed E-state index contributed by atoms with van der Waals surface area (Å²) < 4.78 is 7.61. The predicted molar refractivity (Wildman–Crippen MR) is 167 cm³/mol. The van der Waals surface area contributed by atoms with E-state index in [0.717, 1.165) is 32.1 Å². The van der Waals surface area contributed by atoms with Crippen LogP contribution in [0.1, 0.15) is 79.6 Å². The summed E-state index contributed by atoms with van der Waals surface area (Å²) in [6.07, 6.45) is 10.6. The topological polar surface area (TPSA) is 26.3 Å². The third-order valence-electron chi connectivity index (χ3n) is 11.5. The largest absolute Gasteiger partial charge is 0.404 e. The van der Waals surface area contributed by atoms with Crippen molar-refractivity contribution in [1.82, 2.24) is 0 Å². The molecule has 0 heterocycles. The lowest BCUT2D eigenvalue weighted by atomic mass is 9.48. The predicted octanol–water partition coefficient (Wildman–Crippen LogP) is 7.84. The number of ketones is 1. The Morgan fingerprint density at radius 1 is 0.872 bits per heavy atom. The van der Waals surface area contributed by atoms with Gasteiger partial charge in [0.15, 0.2) is 5.78 Å². The van der Waals surface area contributed by atoms with Crippen LogP contribution in [-0.2, 0) is 9.22 Å². The van der Waals surface area contributed by atoms with Crippen LogP contribution in [0.4, 0.5) is 0 Å². The van der Waals surface area contributed by atoms with Gasteiger partial charge in [0.25, 0.3) is 8.32 Å². The van der Waals surface area contributed by atoms with Gasteiger partial charge in [0.2, 0.25) is 0 Å². The number of Topliss-reactive ketones (excluding diaryl/α,β-unsaturated/α-hetero) is 1. The second-order valence-corrected chi connectivity index (χ2v) is 19.8. The highest BCUT2D eigenvalue weighted by molar-refractivity contribution is 9.10. The summed E-state index contributed by atoms with van der Waals surface area (Å²) in [5, 5.41) is 2.74. The molecule has 4 aliphatic rings. The Hall–Kier alpha value is -1.49. The maximum Gasteiger partial charge on any atom is 0.261 e. The Kier molecular flexibility index (Phi) is 6.96. The molecule has 0 bridgehead atoms. The highest BCUT2D eigenvalue weighted by atomic mass is 79.9. The lowest BCUT2D eigenvalue weighted by Gasteiger charge is -2.57. The lowest BCUT2D eigenvalue weighted by Crippen LogP contribution is -2.68. The van der Waals surface area contributed by atoms with E-state index in [0.29, 0.717) is 23.5 Å². The molecule has 1 unspecified atom stereocenters. The Bertz CT molecular complexity index is 1210. The van der Waals surface area contributed by atoms with Crippen molar-refractivity contribution in [3.63, 3.8) is 0 Å². The number of alkyl halides is 1. The average molecular weight is 606 g/mol. The second kappa shape index (κ2) is 9.81. The molecular weight excluding hydrogens is 560 g/mol. The van der Waals surface area contributed by atoms with Gasteiger partial charge < -0.3 is 4.43 Å². The molecule has 0 N–H and O–H groups in total. The Balaban J connectivity index is 1.32. The molecule has 0 radical (unpaired) electrons. The number of allylic oxidation sites excluding steroid dienone is 1. The van der Waals surface area contributed by atoms with E-state index in [1.54, 1.807) is 5.57 Å². The van der Waals surface area contributed by atoms with Crippen molar-refractivity contribution in [2.45, 2.75) is 95.5 Å². The molecule has 39 heavy (non-hydrogen) atoms. The van der Waals surface area contributed by atoms with Crippen LogP contribution in [-0.4, -0.2) is 25.0 Å². The van der Waals surface area contributed by atoms with Crippen molar-refractivity contribution in [1.29, 1.82) is 0 Å². The van der Waals surface area contributed by atoms with Gasteiger partial charge in [-0.05, 0) is 83.5 Å². The molecule has 2 aromatic carbocycles. The second-order valence-electron chi connectivity index (χ2n) is 14.4. The van der Waals surface area contributed by atoms with E-state index >= 15 is 0 Å². The Labute approximate surface area is 245 Å². The van der Waals surface area contributed by atoms with E-state index in [9.17, 15) is 4.79 Å². The van der Waals surface area contributed by atoms with Gasteiger partial charge in [0.1, 0.15) is 0 Å². The van der Waals surface area contributed by atoms with E-state index < -0.39 is 8.32 Å². The number of hydrogen-bond acceptors (Lipinski definition) is 2. The Morgan fingerprint density at radius 2 is 1.46 bits per heavy atom. The first kappa shape index (κ1) is 27.7. The van der Waals surface area contributed by atoms with Gasteiger partial charge in [0, 0.05) is 11.5 Å². The SMILES string of the molecule is CC(C)(C)[Si](O[C@H]1CC[C@@]2(C)C(=CC[C@@H]3[C@@H]2CC[C@]2(C)C(=O)C(Br)C[C@@H]32)C1)(c1ccccc1)c1ccccc1. The van der Waals surface area contributed by atoms with Gasteiger partial charge in [-0.2, -0.15) is 0 Å². The Morgan fingerprint density at radius 3 is 2.05 bits per heavy atom. The zero-order chi connectivity index (χ0) is 27.6. The van der Waals surface area contributed by atoms with Crippen molar-refractivity contribution in [2.75, 3.05) is 0 Å². The molecule has 2 aromatic rings. The first-order chi connectivity index (χ1) is 18.5. The number of carbonyl (C=O) groups excluding carboxylic acids is 1. The molecule has 0 aliphatic heterocycles. The summed E-state index contributed by atoms with van der Waals surface area (Å²) >= 11 is 3.74. The summed E-state index contributed by atoms with van der Waals surface area (Å²) in [5.74, 6) is 2.32. The molecule has 2 nitrogen and oxygen atoms in total. The van der Waals surface area contributed by atoms with Crippen LogP contribution in [0.5, 0.6) is 0 Å². The van der Waals surface area contributed by atoms with Gasteiger partial charge in [0.05, 0.1) is 4.83 Å². The van der Waals surface area contributed by atoms with Crippen LogP contribution < -0.4 is 10.4 Å². The first-order valence-electron chi connectivity index (χ1n) is 15.2. The van der Waals surface area contributed by atoms with Gasteiger partial charge >= 0.3 is 0 Å². The van der Waals surface area contributed by atoms with E-state index in [2.05, 4.69) is 117 Å². The monoisotopic (exact) mass is 604 g/mol. The number of hydrogen-bond donors (Lipinski definition) is 0. The highest BCUT2D eigenvalue weighted by Gasteiger charge is 2.61. The molecule has 0 amide bonds. The number of fused-ring (bicyclic) bond motifs is 5. The minimum absolute atomic E-state index is 0.00243. The molecule has 0 aromatic heterocycles. The van der Waals surface area contributed by atoms with E-state index in [-0.39, 0.29) is 26.8 Å². The van der Waals surface area contributed by atoms with Crippen LogP contribution in [0, 0.1) is 28.6 Å². The van der Waals surface area contributed by atoms with Crippen LogP contribution in [0.2, 0.25) is 5.04 Å². The minimum atomic E-state index is -2.57. The molecule has 3 fully saturated rings. The van der Waals surface area contributed by atoms with E-state index in [4.69, 9.17) is 4.43 Å². The summed E-state index contributed by atoms with van der Waals surface area (Å²) in [6, 6.07) is 22.2. The third-order valence-corrected chi connectivity index (χ3v) is 17.4. The van der Waals surface area contributed by atoms with Crippen LogP contribution in [0.25, 0.3) is 0 Å². The maximum absolute atomic E-state index is 13.1. The zero-order valence-electron chi connectivity index (χ0n) is 24.4. The molecule has 7 atom stereocenters. The fraction of sp³-hybridized carbons (Fsp3) is 0.571. The fourth-order valence-corrected chi connectivity index (χ4v) is 15.1. The van der Waals surface area contributed by atoms with Crippen molar-refractivity contribution >= 4 is 40.4 Å². The van der Waals surface area contributed by atoms with Crippen LogP contribution in [0.15, 0.2) is 72.3 Å².